The Morgan fingerprint density at radius 1 is 1.20 bits per heavy atom. The van der Waals surface area contributed by atoms with Gasteiger partial charge in [-0.15, -0.1) is 0 Å². The van der Waals surface area contributed by atoms with Crippen molar-refractivity contribution in [2.45, 2.75) is 34.1 Å². The van der Waals surface area contributed by atoms with Gasteiger partial charge in [0.05, 0.1) is 0 Å². The van der Waals surface area contributed by atoms with E-state index in [2.05, 4.69) is 37.9 Å². The van der Waals surface area contributed by atoms with Crippen LogP contribution in [0.15, 0.2) is 0 Å². The monoisotopic (exact) mass is 212 g/mol. The zero-order valence-corrected chi connectivity index (χ0v) is 10.9. The lowest BCUT2D eigenvalue weighted by Gasteiger charge is -2.35. The maximum absolute atomic E-state index is 3.52. The van der Waals surface area contributed by atoms with Gasteiger partial charge in [0, 0.05) is 26.2 Å². The highest BCUT2D eigenvalue weighted by molar-refractivity contribution is 4.75. The predicted molar refractivity (Wildman–Crippen MR) is 67.1 cm³/mol. The van der Waals surface area contributed by atoms with E-state index in [-0.39, 0.29) is 0 Å². The number of hydrogen-bond donors (Lipinski definition) is 1. The number of rotatable bonds is 5. The molecule has 1 aliphatic heterocycles. The van der Waals surface area contributed by atoms with Gasteiger partial charge in [0.15, 0.2) is 0 Å². The molecule has 1 rings (SSSR count). The Balaban J connectivity index is 2.10. The van der Waals surface area contributed by atoms with Crippen LogP contribution >= 0.6 is 0 Å². The summed E-state index contributed by atoms with van der Waals surface area (Å²) in [5.74, 6) is 2.54. The minimum absolute atomic E-state index is 0.768. The third-order valence-corrected chi connectivity index (χ3v) is 3.10. The van der Waals surface area contributed by atoms with E-state index in [1.807, 2.05) is 0 Å². The quantitative estimate of drug-likeness (QED) is 0.703. The fourth-order valence-corrected chi connectivity index (χ4v) is 2.60. The summed E-state index contributed by atoms with van der Waals surface area (Å²) in [5, 5.41) is 3.52. The number of hydrogen-bond acceptors (Lipinski definition) is 2. The molecule has 15 heavy (non-hydrogen) atoms. The topological polar surface area (TPSA) is 15.3 Å². The van der Waals surface area contributed by atoms with Gasteiger partial charge in [-0.25, -0.2) is 0 Å². The van der Waals surface area contributed by atoms with E-state index >= 15 is 0 Å². The summed E-state index contributed by atoms with van der Waals surface area (Å²) in [7, 11) is 0. The highest BCUT2D eigenvalue weighted by Crippen LogP contribution is 2.20. The lowest BCUT2D eigenvalue weighted by molar-refractivity contribution is 0.141. The van der Waals surface area contributed by atoms with Crippen LogP contribution in [0.25, 0.3) is 0 Å². The van der Waals surface area contributed by atoms with Crippen LogP contribution in [0.2, 0.25) is 0 Å². The number of nitrogens with zero attached hydrogens (tertiary/aromatic N) is 1. The normalized spacial score (nSPS) is 28.6. The van der Waals surface area contributed by atoms with Gasteiger partial charge < -0.3 is 10.2 Å². The molecule has 90 valence electrons. The van der Waals surface area contributed by atoms with Crippen molar-refractivity contribution in [3.63, 3.8) is 0 Å². The van der Waals surface area contributed by atoms with Crippen LogP contribution in [-0.2, 0) is 0 Å². The summed E-state index contributed by atoms with van der Waals surface area (Å²) in [6.45, 7) is 15.4. The second-order valence-corrected chi connectivity index (χ2v) is 5.80. The fourth-order valence-electron chi connectivity index (χ4n) is 2.60. The minimum atomic E-state index is 0.768. The first kappa shape index (κ1) is 13.0. The van der Waals surface area contributed by atoms with E-state index in [9.17, 15) is 0 Å². The standard InChI is InChI=1S/C13H28N2/c1-11(2)8-14-5-6-15-9-12(3)7-13(4)10-15/h11-14H,5-10H2,1-4H3. The highest BCUT2D eigenvalue weighted by atomic mass is 15.1. The predicted octanol–water partition coefficient (Wildman–Crippen LogP) is 2.21. The summed E-state index contributed by atoms with van der Waals surface area (Å²) < 4.78 is 0. The van der Waals surface area contributed by atoms with Crippen LogP contribution in [0, 0.1) is 17.8 Å². The second kappa shape index (κ2) is 6.49. The van der Waals surface area contributed by atoms with Crippen molar-refractivity contribution < 1.29 is 0 Å². The number of likely N-dealkylation sites (tertiary alicyclic amines) is 1. The Kier molecular flexibility index (Phi) is 5.62. The summed E-state index contributed by atoms with van der Waals surface area (Å²) in [5.41, 5.74) is 0. The molecular formula is C13H28N2. The molecule has 0 aromatic carbocycles. The van der Waals surface area contributed by atoms with Crippen LogP contribution < -0.4 is 5.32 Å². The number of nitrogens with one attached hydrogen (secondary N) is 1. The zero-order valence-electron chi connectivity index (χ0n) is 10.9. The molecule has 0 aromatic heterocycles. The van der Waals surface area contributed by atoms with Gasteiger partial charge >= 0.3 is 0 Å². The first-order valence-electron chi connectivity index (χ1n) is 6.51. The van der Waals surface area contributed by atoms with Crippen molar-refractivity contribution in [2.75, 3.05) is 32.7 Å². The Morgan fingerprint density at radius 3 is 2.33 bits per heavy atom. The van der Waals surface area contributed by atoms with Crippen LogP contribution in [0.3, 0.4) is 0 Å². The average molecular weight is 212 g/mol. The molecular weight excluding hydrogens is 184 g/mol. The van der Waals surface area contributed by atoms with Crippen LogP contribution in [0.5, 0.6) is 0 Å². The Labute approximate surface area is 95.4 Å². The molecule has 0 bridgehead atoms. The maximum atomic E-state index is 3.52. The SMILES string of the molecule is CC(C)CNCCN1CC(C)CC(C)C1. The van der Waals surface area contributed by atoms with Crippen molar-refractivity contribution in [1.29, 1.82) is 0 Å². The molecule has 2 atom stereocenters. The molecule has 2 nitrogen and oxygen atoms in total. The third kappa shape index (κ3) is 5.53. The largest absolute Gasteiger partial charge is 0.315 e. The molecule has 0 amide bonds. The molecule has 2 unspecified atom stereocenters. The smallest absolute Gasteiger partial charge is 0.0107 e. The molecule has 0 aliphatic carbocycles. The fraction of sp³-hybridized carbons (Fsp3) is 1.00. The van der Waals surface area contributed by atoms with Crippen molar-refractivity contribution in [3.05, 3.63) is 0 Å². The minimum Gasteiger partial charge on any atom is -0.315 e. The van der Waals surface area contributed by atoms with Gasteiger partial charge in [-0.05, 0) is 30.7 Å². The van der Waals surface area contributed by atoms with Gasteiger partial charge in [-0.3, -0.25) is 0 Å². The summed E-state index contributed by atoms with van der Waals surface area (Å²) in [4.78, 5) is 2.62. The van der Waals surface area contributed by atoms with Crippen molar-refractivity contribution >= 4 is 0 Å². The molecule has 0 spiro atoms. The van der Waals surface area contributed by atoms with Gasteiger partial charge in [-0.1, -0.05) is 27.7 Å². The van der Waals surface area contributed by atoms with Crippen molar-refractivity contribution in [2.24, 2.45) is 17.8 Å². The van der Waals surface area contributed by atoms with E-state index in [0.717, 1.165) is 30.8 Å². The van der Waals surface area contributed by atoms with Gasteiger partial charge in [-0.2, -0.15) is 0 Å². The van der Waals surface area contributed by atoms with E-state index in [0.29, 0.717) is 0 Å². The first-order chi connectivity index (χ1) is 7.08. The zero-order chi connectivity index (χ0) is 11.3. The van der Waals surface area contributed by atoms with Crippen LogP contribution in [0.4, 0.5) is 0 Å². The van der Waals surface area contributed by atoms with Gasteiger partial charge in [0.2, 0.25) is 0 Å². The Hall–Kier alpha value is -0.0800. The lowest BCUT2D eigenvalue weighted by atomic mass is 9.92. The maximum Gasteiger partial charge on any atom is 0.0107 e. The molecule has 1 fully saturated rings. The van der Waals surface area contributed by atoms with Crippen LogP contribution in [-0.4, -0.2) is 37.6 Å². The van der Waals surface area contributed by atoms with E-state index in [1.165, 1.54) is 26.1 Å². The summed E-state index contributed by atoms with van der Waals surface area (Å²) in [6, 6.07) is 0. The first-order valence-corrected chi connectivity index (χ1v) is 6.51. The molecule has 0 aromatic rings. The summed E-state index contributed by atoms with van der Waals surface area (Å²) in [6.07, 6.45) is 1.41. The Bertz CT molecular complexity index is 158. The summed E-state index contributed by atoms with van der Waals surface area (Å²) >= 11 is 0. The Morgan fingerprint density at radius 2 is 1.80 bits per heavy atom. The highest BCUT2D eigenvalue weighted by Gasteiger charge is 2.20. The lowest BCUT2D eigenvalue weighted by Crippen LogP contribution is -2.42. The van der Waals surface area contributed by atoms with E-state index in [1.54, 1.807) is 0 Å². The molecule has 0 saturated carbocycles. The number of piperidine rings is 1. The van der Waals surface area contributed by atoms with Crippen LogP contribution in [0.1, 0.15) is 34.1 Å². The van der Waals surface area contributed by atoms with Gasteiger partial charge in [0.1, 0.15) is 0 Å². The van der Waals surface area contributed by atoms with E-state index < -0.39 is 0 Å². The second-order valence-electron chi connectivity index (χ2n) is 5.80. The average Bonchev–Trinajstić information content (AvgIpc) is 2.10. The van der Waals surface area contributed by atoms with Crippen molar-refractivity contribution in [1.82, 2.24) is 10.2 Å². The molecule has 1 heterocycles. The molecule has 1 aliphatic rings. The van der Waals surface area contributed by atoms with Gasteiger partial charge in [0.25, 0.3) is 0 Å². The molecule has 0 radical (unpaired) electrons. The molecule has 1 N–H and O–H groups in total. The molecule has 1 saturated heterocycles. The van der Waals surface area contributed by atoms with Crippen molar-refractivity contribution in [3.8, 4) is 0 Å². The molecule has 2 heteroatoms. The third-order valence-electron chi connectivity index (χ3n) is 3.10. The van der Waals surface area contributed by atoms with E-state index in [4.69, 9.17) is 0 Å².